The highest BCUT2D eigenvalue weighted by molar-refractivity contribution is 8.02. The van der Waals surface area contributed by atoms with E-state index in [1.165, 1.54) is 11.8 Å². The standard InChI is InChI=1S/C16H9Cl3N4S/c17-10-6-4-9(5-7-10)13-8-24-16-21-20-15(23(16)22-13)11-2-1-3-12(18)14(11)19/h1-8,22H. The third-order valence-corrected chi connectivity index (χ3v) is 5.39. The van der Waals surface area contributed by atoms with E-state index in [1.807, 2.05) is 41.8 Å². The Morgan fingerprint density at radius 3 is 2.54 bits per heavy atom. The molecule has 1 aliphatic heterocycles. The number of benzene rings is 2. The molecule has 0 fully saturated rings. The van der Waals surface area contributed by atoms with Crippen molar-refractivity contribution >= 4 is 52.3 Å². The number of rotatable bonds is 2. The molecule has 2 heterocycles. The summed E-state index contributed by atoms with van der Waals surface area (Å²) < 4.78 is 1.80. The monoisotopic (exact) mass is 394 g/mol. The van der Waals surface area contributed by atoms with Crippen LogP contribution in [0.2, 0.25) is 15.1 Å². The molecule has 1 aromatic heterocycles. The molecule has 4 nitrogen and oxygen atoms in total. The van der Waals surface area contributed by atoms with Crippen LogP contribution in [0.1, 0.15) is 5.56 Å². The first-order valence-electron chi connectivity index (χ1n) is 6.93. The van der Waals surface area contributed by atoms with Crippen molar-refractivity contribution in [3.8, 4) is 11.4 Å². The molecule has 1 N–H and O–H groups in total. The Bertz CT molecular complexity index is 950. The molecule has 0 aliphatic carbocycles. The average molecular weight is 396 g/mol. The molecule has 0 spiro atoms. The van der Waals surface area contributed by atoms with Gasteiger partial charge in [0.2, 0.25) is 5.16 Å². The third-order valence-electron chi connectivity index (χ3n) is 3.50. The van der Waals surface area contributed by atoms with Crippen LogP contribution in [0, 0.1) is 0 Å². The zero-order valence-electron chi connectivity index (χ0n) is 12.0. The summed E-state index contributed by atoms with van der Waals surface area (Å²) in [6.45, 7) is 0. The van der Waals surface area contributed by atoms with Gasteiger partial charge in [0, 0.05) is 21.6 Å². The van der Waals surface area contributed by atoms with E-state index in [0.29, 0.717) is 26.5 Å². The zero-order chi connectivity index (χ0) is 16.7. The maximum absolute atomic E-state index is 6.32. The van der Waals surface area contributed by atoms with Gasteiger partial charge >= 0.3 is 0 Å². The Morgan fingerprint density at radius 2 is 1.75 bits per heavy atom. The number of hydrogen-bond donors (Lipinski definition) is 1. The Kier molecular flexibility index (Phi) is 4.18. The fourth-order valence-electron chi connectivity index (χ4n) is 2.32. The van der Waals surface area contributed by atoms with E-state index < -0.39 is 0 Å². The SMILES string of the molecule is Clc1ccc(C2=CSc3nnc(-c4cccc(Cl)c4Cl)n3N2)cc1. The molecule has 4 rings (SSSR count). The minimum Gasteiger partial charge on any atom is -0.289 e. The first-order valence-corrected chi connectivity index (χ1v) is 8.94. The van der Waals surface area contributed by atoms with Gasteiger partial charge in [-0.05, 0) is 24.3 Å². The summed E-state index contributed by atoms with van der Waals surface area (Å²) in [6.07, 6.45) is 0. The van der Waals surface area contributed by atoms with Crippen LogP contribution in [0.25, 0.3) is 17.1 Å². The molecule has 0 bridgehead atoms. The molecule has 0 atom stereocenters. The number of fused-ring (bicyclic) bond motifs is 1. The first-order chi connectivity index (χ1) is 11.6. The summed E-state index contributed by atoms with van der Waals surface area (Å²) in [7, 11) is 0. The second kappa shape index (κ2) is 6.33. The van der Waals surface area contributed by atoms with E-state index in [2.05, 4.69) is 15.6 Å². The lowest BCUT2D eigenvalue weighted by Crippen LogP contribution is -2.18. The molecule has 24 heavy (non-hydrogen) atoms. The largest absolute Gasteiger partial charge is 0.289 e. The van der Waals surface area contributed by atoms with Crippen molar-refractivity contribution in [2.75, 3.05) is 5.43 Å². The van der Waals surface area contributed by atoms with Gasteiger partial charge < -0.3 is 0 Å². The number of hydrogen-bond acceptors (Lipinski definition) is 4. The Balaban J connectivity index is 1.74. The minimum absolute atomic E-state index is 0.448. The van der Waals surface area contributed by atoms with Gasteiger partial charge in [-0.2, -0.15) is 0 Å². The summed E-state index contributed by atoms with van der Waals surface area (Å²) >= 11 is 19.9. The lowest BCUT2D eigenvalue weighted by Gasteiger charge is -2.19. The van der Waals surface area contributed by atoms with E-state index in [9.17, 15) is 0 Å². The van der Waals surface area contributed by atoms with Gasteiger partial charge in [-0.15, -0.1) is 10.2 Å². The molecule has 2 aromatic carbocycles. The maximum Gasteiger partial charge on any atom is 0.214 e. The minimum atomic E-state index is 0.448. The number of halogens is 3. The van der Waals surface area contributed by atoms with Gasteiger partial charge in [-0.3, -0.25) is 5.43 Å². The molecule has 8 heteroatoms. The molecule has 0 saturated heterocycles. The second-order valence-electron chi connectivity index (χ2n) is 5.01. The predicted octanol–water partition coefficient (Wildman–Crippen LogP) is 5.55. The molecule has 120 valence electrons. The highest BCUT2D eigenvalue weighted by Crippen LogP contribution is 2.36. The van der Waals surface area contributed by atoms with Crippen molar-refractivity contribution in [2.24, 2.45) is 0 Å². The van der Waals surface area contributed by atoms with Gasteiger partial charge in [0.1, 0.15) is 0 Å². The van der Waals surface area contributed by atoms with E-state index in [4.69, 9.17) is 34.8 Å². The second-order valence-corrected chi connectivity index (χ2v) is 7.07. The van der Waals surface area contributed by atoms with E-state index in [1.54, 1.807) is 10.7 Å². The van der Waals surface area contributed by atoms with Gasteiger partial charge in [0.25, 0.3) is 0 Å². The maximum atomic E-state index is 6.32. The lowest BCUT2D eigenvalue weighted by atomic mass is 10.2. The fraction of sp³-hybridized carbons (Fsp3) is 0. The number of thioether (sulfide) groups is 1. The number of nitrogens with one attached hydrogen (secondary N) is 1. The number of aromatic nitrogens is 3. The summed E-state index contributed by atoms with van der Waals surface area (Å²) in [5.74, 6) is 0.601. The van der Waals surface area contributed by atoms with Crippen LogP contribution in [0.4, 0.5) is 0 Å². The third kappa shape index (κ3) is 2.78. The zero-order valence-corrected chi connectivity index (χ0v) is 15.1. The van der Waals surface area contributed by atoms with Crippen molar-refractivity contribution in [1.82, 2.24) is 14.9 Å². The van der Waals surface area contributed by atoms with Crippen LogP contribution in [-0.4, -0.2) is 14.9 Å². The molecule has 0 saturated carbocycles. The van der Waals surface area contributed by atoms with Crippen LogP contribution in [0.3, 0.4) is 0 Å². The Hall–Kier alpha value is -1.66. The smallest absolute Gasteiger partial charge is 0.214 e. The molecule has 3 aromatic rings. The van der Waals surface area contributed by atoms with E-state index >= 15 is 0 Å². The summed E-state index contributed by atoms with van der Waals surface area (Å²) in [5, 5.41) is 12.8. The van der Waals surface area contributed by atoms with Crippen LogP contribution in [0.15, 0.2) is 53.0 Å². The van der Waals surface area contributed by atoms with Crippen molar-refractivity contribution < 1.29 is 0 Å². The Morgan fingerprint density at radius 1 is 0.958 bits per heavy atom. The highest BCUT2D eigenvalue weighted by Gasteiger charge is 2.21. The topological polar surface area (TPSA) is 42.7 Å². The van der Waals surface area contributed by atoms with E-state index in [-0.39, 0.29) is 0 Å². The average Bonchev–Trinajstić information content (AvgIpc) is 3.01. The molecular formula is C16H9Cl3N4S. The molecule has 0 amide bonds. The first kappa shape index (κ1) is 15.8. The highest BCUT2D eigenvalue weighted by atomic mass is 35.5. The van der Waals surface area contributed by atoms with Crippen LogP contribution in [-0.2, 0) is 0 Å². The quantitative estimate of drug-likeness (QED) is 0.617. The van der Waals surface area contributed by atoms with Crippen LogP contribution >= 0.6 is 46.6 Å². The molecule has 1 aliphatic rings. The van der Waals surface area contributed by atoms with E-state index in [0.717, 1.165) is 16.4 Å². The van der Waals surface area contributed by atoms with Crippen LogP contribution < -0.4 is 5.43 Å². The molecule has 0 unspecified atom stereocenters. The van der Waals surface area contributed by atoms with Crippen molar-refractivity contribution in [1.29, 1.82) is 0 Å². The van der Waals surface area contributed by atoms with Crippen molar-refractivity contribution in [2.45, 2.75) is 5.16 Å². The summed E-state index contributed by atoms with van der Waals surface area (Å²) in [6, 6.07) is 13.0. The normalized spacial score (nSPS) is 13.2. The van der Waals surface area contributed by atoms with Gasteiger partial charge in [-0.1, -0.05) is 64.8 Å². The number of nitrogens with zero attached hydrogens (tertiary/aromatic N) is 3. The predicted molar refractivity (Wildman–Crippen MR) is 100 cm³/mol. The van der Waals surface area contributed by atoms with Gasteiger partial charge in [-0.25, -0.2) is 4.68 Å². The van der Waals surface area contributed by atoms with Crippen molar-refractivity contribution in [3.63, 3.8) is 0 Å². The van der Waals surface area contributed by atoms with Crippen molar-refractivity contribution in [3.05, 3.63) is 68.5 Å². The molecular weight excluding hydrogens is 387 g/mol. The summed E-state index contributed by atoms with van der Waals surface area (Å²) in [4.78, 5) is 0. The fourth-order valence-corrected chi connectivity index (χ4v) is 3.57. The molecule has 0 radical (unpaired) electrons. The lowest BCUT2D eigenvalue weighted by molar-refractivity contribution is 0.826. The van der Waals surface area contributed by atoms with Gasteiger partial charge in [0.15, 0.2) is 5.82 Å². The summed E-state index contributed by atoms with van der Waals surface area (Å²) in [5.41, 5.74) is 5.96. The van der Waals surface area contributed by atoms with Crippen LogP contribution in [0.5, 0.6) is 0 Å². The Labute approximate surface area is 157 Å². The van der Waals surface area contributed by atoms with Gasteiger partial charge in [0.05, 0.1) is 15.7 Å².